The van der Waals surface area contributed by atoms with E-state index < -0.39 is 0 Å². The fraction of sp³-hybridized carbons (Fsp3) is 0.333. The maximum atomic E-state index is 5.84. The Morgan fingerprint density at radius 2 is 1.76 bits per heavy atom. The predicted molar refractivity (Wildman–Crippen MR) is 88.9 cm³/mol. The van der Waals surface area contributed by atoms with Gasteiger partial charge in [0.25, 0.3) is 0 Å². The van der Waals surface area contributed by atoms with Gasteiger partial charge in [0.15, 0.2) is 0 Å². The summed E-state index contributed by atoms with van der Waals surface area (Å²) in [6, 6.07) is 16.4. The predicted octanol–water partition coefficient (Wildman–Crippen LogP) is 3.36. The van der Waals surface area contributed by atoms with Crippen molar-refractivity contribution in [2.45, 2.75) is 19.9 Å². The molecule has 21 heavy (non-hydrogen) atoms. The van der Waals surface area contributed by atoms with E-state index in [1.165, 1.54) is 11.3 Å². The van der Waals surface area contributed by atoms with Gasteiger partial charge in [0, 0.05) is 31.4 Å². The molecule has 0 fully saturated rings. The maximum absolute atomic E-state index is 5.84. The van der Waals surface area contributed by atoms with Crippen LogP contribution in [0.5, 0.6) is 5.75 Å². The first-order chi connectivity index (χ1) is 10.2. The Labute approximate surface area is 127 Å². The Bertz CT molecular complexity index is 569. The van der Waals surface area contributed by atoms with Crippen LogP contribution in [-0.4, -0.2) is 20.2 Å². The minimum Gasteiger partial charge on any atom is -0.493 e. The van der Waals surface area contributed by atoms with Crippen molar-refractivity contribution < 1.29 is 4.74 Å². The van der Waals surface area contributed by atoms with Crippen LogP contribution in [0.4, 0.5) is 5.69 Å². The van der Waals surface area contributed by atoms with Gasteiger partial charge in [-0.25, -0.2) is 0 Å². The Morgan fingerprint density at radius 3 is 2.52 bits per heavy atom. The first-order valence-corrected chi connectivity index (χ1v) is 7.40. The molecule has 2 aromatic carbocycles. The molecule has 112 valence electrons. The Morgan fingerprint density at radius 1 is 1.05 bits per heavy atom. The van der Waals surface area contributed by atoms with Crippen molar-refractivity contribution >= 4 is 5.69 Å². The third kappa shape index (κ3) is 4.23. The van der Waals surface area contributed by atoms with E-state index in [9.17, 15) is 0 Å². The molecule has 0 aliphatic carbocycles. The minimum atomic E-state index is 0.513. The standard InChI is InChI=1S/C18H24N2O/c1-15-8-3-5-10-17(15)20(2)12-7-13-21-18-11-6-4-9-16(18)14-19/h3-6,8-11H,7,12-14,19H2,1-2H3. The van der Waals surface area contributed by atoms with Gasteiger partial charge in [-0.15, -0.1) is 0 Å². The van der Waals surface area contributed by atoms with E-state index in [1.807, 2.05) is 24.3 Å². The van der Waals surface area contributed by atoms with Gasteiger partial charge >= 0.3 is 0 Å². The van der Waals surface area contributed by atoms with Gasteiger partial charge in [0.1, 0.15) is 5.75 Å². The van der Waals surface area contributed by atoms with E-state index >= 15 is 0 Å². The summed E-state index contributed by atoms with van der Waals surface area (Å²) in [5.74, 6) is 0.901. The normalized spacial score (nSPS) is 10.4. The summed E-state index contributed by atoms with van der Waals surface area (Å²) in [6.45, 7) is 4.32. The highest BCUT2D eigenvalue weighted by Crippen LogP contribution is 2.19. The second kappa shape index (κ2) is 7.70. The largest absolute Gasteiger partial charge is 0.493 e. The average Bonchev–Trinajstić information content (AvgIpc) is 2.52. The Balaban J connectivity index is 1.81. The number of hydrogen-bond acceptors (Lipinski definition) is 3. The molecule has 3 nitrogen and oxygen atoms in total. The van der Waals surface area contributed by atoms with Crippen LogP contribution in [0.3, 0.4) is 0 Å². The summed E-state index contributed by atoms with van der Waals surface area (Å²) in [6.07, 6.45) is 0.976. The van der Waals surface area contributed by atoms with Crippen LogP contribution in [0.25, 0.3) is 0 Å². The first-order valence-electron chi connectivity index (χ1n) is 7.40. The van der Waals surface area contributed by atoms with Gasteiger partial charge in [-0.05, 0) is 31.0 Å². The van der Waals surface area contributed by atoms with Gasteiger partial charge in [0.2, 0.25) is 0 Å². The van der Waals surface area contributed by atoms with E-state index in [2.05, 4.69) is 43.1 Å². The molecule has 3 heteroatoms. The number of nitrogens with zero attached hydrogens (tertiary/aromatic N) is 1. The number of hydrogen-bond donors (Lipinski definition) is 1. The van der Waals surface area contributed by atoms with Crippen LogP contribution in [0.1, 0.15) is 17.5 Å². The first kappa shape index (κ1) is 15.4. The molecule has 0 aromatic heterocycles. The Hall–Kier alpha value is -2.00. The SMILES string of the molecule is Cc1ccccc1N(C)CCCOc1ccccc1CN. The molecule has 0 aliphatic rings. The summed E-state index contributed by atoms with van der Waals surface area (Å²) < 4.78 is 5.84. The van der Waals surface area contributed by atoms with Crippen molar-refractivity contribution in [2.75, 3.05) is 25.1 Å². The van der Waals surface area contributed by atoms with E-state index in [0.29, 0.717) is 13.2 Å². The molecule has 0 spiro atoms. The van der Waals surface area contributed by atoms with Crippen LogP contribution in [0.15, 0.2) is 48.5 Å². The molecule has 2 aromatic rings. The minimum absolute atomic E-state index is 0.513. The number of rotatable bonds is 7. The maximum Gasteiger partial charge on any atom is 0.123 e. The van der Waals surface area contributed by atoms with E-state index in [1.54, 1.807) is 0 Å². The molecule has 0 radical (unpaired) electrons. The molecule has 0 saturated carbocycles. The lowest BCUT2D eigenvalue weighted by Crippen LogP contribution is -2.21. The highest BCUT2D eigenvalue weighted by molar-refractivity contribution is 5.52. The highest BCUT2D eigenvalue weighted by Gasteiger charge is 2.04. The van der Waals surface area contributed by atoms with Gasteiger partial charge in [0.05, 0.1) is 6.61 Å². The molecule has 0 aliphatic heterocycles. The molecule has 0 amide bonds. The molecule has 0 atom stereocenters. The summed E-state index contributed by atoms with van der Waals surface area (Å²) in [4.78, 5) is 2.27. The molecule has 2 rings (SSSR count). The quantitative estimate of drug-likeness (QED) is 0.792. The number of para-hydroxylation sites is 2. The molecule has 0 bridgehead atoms. The van der Waals surface area contributed by atoms with E-state index in [4.69, 9.17) is 10.5 Å². The molecular weight excluding hydrogens is 260 g/mol. The van der Waals surface area contributed by atoms with Gasteiger partial charge in [-0.2, -0.15) is 0 Å². The summed E-state index contributed by atoms with van der Waals surface area (Å²) in [5.41, 5.74) is 9.35. The number of aryl methyl sites for hydroxylation is 1. The van der Waals surface area contributed by atoms with Crippen LogP contribution in [-0.2, 0) is 6.54 Å². The lowest BCUT2D eigenvalue weighted by atomic mass is 10.2. The Kier molecular flexibility index (Phi) is 5.64. The van der Waals surface area contributed by atoms with Crippen LogP contribution >= 0.6 is 0 Å². The lowest BCUT2D eigenvalue weighted by Gasteiger charge is -2.21. The summed E-state index contributed by atoms with van der Waals surface area (Å²) in [5, 5.41) is 0. The molecular formula is C18H24N2O. The van der Waals surface area contributed by atoms with Gasteiger partial charge in [-0.1, -0.05) is 36.4 Å². The zero-order valence-electron chi connectivity index (χ0n) is 12.9. The summed E-state index contributed by atoms with van der Waals surface area (Å²) >= 11 is 0. The number of anilines is 1. The number of ether oxygens (including phenoxy) is 1. The van der Waals surface area contributed by atoms with Crippen molar-refractivity contribution in [3.63, 3.8) is 0 Å². The van der Waals surface area contributed by atoms with Crippen LogP contribution < -0.4 is 15.4 Å². The second-order valence-electron chi connectivity index (χ2n) is 5.22. The van der Waals surface area contributed by atoms with E-state index in [0.717, 1.165) is 24.3 Å². The van der Waals surface area contributed by atoms with Crippen molar-refractivity contribution in [1.82, 2.24) is 0 Å². The monoisotopic (exact) mass is 284 g/mol. The fourth-order valence-electron chi connectivity index (χ4n) is 2.41. The summed E-state index contributed by atoms with van der Waals surface area (Å²) in [7, 11) is 2.12. The molecule has 0 saturated heterocycles. The second-order valence-corrected chi connectivity index (χ2v) is 5.22. The van der Waals surface area contributed by atoms with Crippen molar-refractivity contribution in [1.29, 1.82) is 0 Å². The van der Waals surface area contributed by atoms with Crippen LogP contribution in [0, 0.1) is 6.92 Å². The average molecular weight is 284 g/mol. The molecule has 0 heterocycles. The lowest BCUT2D eigenvalue weighted by molar-refractivity contribution is 0.309. The zero-order chi connectivity index (χ0) is 15.1. The topological polar surface area (TPSA) is 38.5 Å². The molecule has 2 N–H and O–H groups in total. The van der Waals surface area contributed by atoms with Crippen molar-refractivity contribution in [3.05, 3.63) is 59.7 Å². The zero-order valence-corrected chi connectivity index (χ0v) is 12.9. The highest BCUT2D eigenvalue weighted by atomic mass is 16.5. The number of benzene rings is 2. The van der Waals surface area contributed by atoms with Crippen molar-refractivity contribution in [3.8, 4) is 5.75 Å². The van der Waals surface area contributed by atoms with Crippen LogP contribution in [0.2, 0.25) is 0 Å². The van der Waals surface area contributed by atoms with Gasteiger partial charge < -0.3 is 15.4 Å². The van der Waals surface area contributed by atoms with Gasteiger partial charge in [-0.3, -0.25) is 0 Å². The fourth-order valence-corrected chi connectivity index (χ4v) is 2.41. The van der Waals surface area contributed by atoms with E-state index in [-0.39, 0.29) is 0 Å². The smallest absolute Gasteiger partial charge is 0.123 e. The third-order valence-corrected chi connectivity index (χ3v) is 3.61. The number of nitrogens with two attached hydrogens (primary N) is 1. The third-order valence-electron chi connectivity index (χ3n) is 3.61. The van der Waals surface area contributed by atoms with Crippen molar-refractivity contribution in [2.24, 2.45) is 5.73 Å². The molecule has 0 unspecified atom stereocenters.